The van der Waals surface area contributed by atoms with E-state index >= 15 is 0 Å². The van der Waals surface area contributed by atoms with Crippen LogP contribution >= 0.6 is 11.3 Å². The molecule has 0 saturated carbocycles. The summed E-state index contributed by atoms with van der Waals surface area (Å²) < 4.78 is 5.19. The Kier molecular flexibility index (Phi) is 4.80. The molecule has 1 aromatic heterocycles. The minimum atomic E-state index is -0.529. The third-order valence-electron chi connectivity index (χ3n) is 4.16. The van der Waals surface area contributed by atoms with Crippen LogP contribution in [0.25, 0.3) is 0 Å². The standard InChI is InChI=1S/C17H19N3O3S/c1-23-13-6-2-4-11(8-13)15(21)12-5-3-7-20(9-12)17-19-14(10-24-17)16(18)22/h2,4,6,8,10,12H,3,5,7,9H2,1H3,(H2,18,22). The average molecular weight is 345 g/mol. The second-order valence-electron chi connectivity index (χ2n) is 5.76. The number of Topliss-reactive ketones (excluding diaryl/α,β-unsaturated/α-hetero) is 1. The number of primary amides is 1. The van der Waals surface area contributed by atoms with Crippen LogP contribution in [-0.2, 0) is 0 Å². The van der Waals surface area contributed by atoms with Crippen molar-refractivity contribution < 1.29 is 14.3 Å². The summed E-state index contributed by atoms with van der Waals surface area (Å²) in [6, 6.07) is 7.24. The molecular formula is C17H19N3O3S. The average Bonchev–Trinajstić information content (AvgIpc) is 3.12. The van der Waals surface area contributed by atoms with Gasteiger partial charge in [-0.2, -0.15) is 0 Å². The number of piperidine rings is 1. The molecule has 1 atom stereocenters. The van der Waals surface area contributed by atoms with Crippen molar-refractivity contribution >= 4 is 28.2 Å². The second-order valence-corrected chi connectivity index (χ2v) is 6.60. The fourth-order valence-electron chi connectivity index (χ4n) is 2.90. The summed E-state index contributed by atoms with van der Waals surface area (Å²) >= 11 is 1.38. The monoisotopic (exact) mass is 345 g/mol. The summed E-state index contributed by atoms with van der Waals surface area (Å²) in [4.78, 5) is 30.3. The number of ether oxygens (including phenoxy) is 1. The molecule has 2 N–H and O–H groups in total. The molecule has 1 fully saturated rings. The molecule has 0 spiro atoms. The summed E-state index contributed by atoms with van der Waals surface area (Å²) in [6.45, 7) is 1.43. The number of carbonyl (C=O) groups excluding carboxylic acids is 2. The SMILES string of the molecule is COc1cccc(C(=O)C2CCCN(c3nc(C(N)=O)cs3)C2)c1. The molecule has 1 aliphatic rings. The van der Waals surface area contributed by atoms with Gasteiger partial charge in [0.05, 0.1) is 7.11 Å². The Morgan fingerprint density at radius 1 is 1.42 bits per heavy atom. The van der Waals surface area contributed by atoms with Gasteiger partial charge in [-0.25, -0.2) is 4.98 Å². The lowest BCUT2D eigenvalue weighted by Gasteiger charge is -2.31. The lowest BCUT2D eigenvalue weighted by Crippen LogP contribution is -2.38. The van der Waals surface area contributed by atoms with E-state index in [4.69, 9.17) is 10.5 Å². The van der Waals surface area contributed by atoms with Crippen LogP contribution in [0.3, 0.4) is 0 Å². The molecule has 3 rings (SSSR count). The number of carbonyl (C=O) groups is 2. The molecule has 2 aromatic rings. The molecule has 126 valence electrons. The van der Waals surface area contributed by atoms with Gasteiger partial charge < -0.3 is 15.4 Å². The molecular weight excluding hydrogens is 326 g/mol. The summed E-state index contributed by atoms with van der Waals surface area (Å²) in [5, 5.41) is 2.40. The quantitative estimate of drug-likeness (QED) is 0.841. The van der Waals surface area contributed by atoms with Crippen LogP contribution in [0.2, 0.25) is 0 Å². The second kappa shape index (κ2) is 7.00. The van der Waals surface area contributed by atoms with E-state index in [1.807, 2.05) is 18.2 Å². The van der Waals surface area contributed by atoms with Gasteiger partial charge >= 0.3 is 0 Å². The summed E-state index contributed by atoms with van der Waals surface area (Å²) in [7, 11) is 1.59. The molecule has 1 unspecified atom stereocenters. The summed E-state index contributed by atoms with van der Waals surface area (Å²) in [5.41, 5.74) is 6.20. The van der Waals surface area contributed by atoms with E-state index in [0.717, 1.165) is 24.5 Å². The fraction of sp³-hybridized carbons (Fsp3) is 0.353. The summed E-state index contributed by atoms with van der Waals surface area (Å²) in [6.07, 6.45) is 1.76. The Balaban J connectivity index is 1.74. The highest BCUT2D eigenvalue weighted by Crippen LogP contribution is 2.28. The van der Waals surface area contributed by atoms with E-state index in [0.29, 0.717) is 17.9 Å². The van der Waals surface area contributed by atoms with Crippen molar-refractivity contribution in [2.45, 2.75) is 12.8 Å². The van der Waals surface area contributed by atoms with Crippen LogP contribution in [0.4, 0.5) is 5.13 Å². The molecule has 0 radical (unpaired) electrons. The van der Waals surface area contributed by atoms with Gasteiger partial charge in [-0.05, 0) is 25.0 Å². The van der Waals surface area contributed by atoms with Gasteiger partial charge in [-0.3, -0.25) is 9.59 Å². The maximum Gasteiger partial charge on any atom is 0.268 e. The Morgan fingerprint density at radius 3 is 2.96 bits per heavy atom. The number of ketones is 1. The van der Waals surface area contributed by atoms with Crippen LogP contribution in [0.15, 0.2) is 29.6 Å². The highest BCUT2D eigenvalue weighted by Gasteiger charge is 2.28. The first-order valence-corrected chi connectivity index (χ1v) is 8.65. The first kappa shape index (κ1) is 16.4. The van der Waals surface area contributed by atoms with Crippen molar-refractivity contribution in [3.05, 3.63) is 40.9 Å². The molecule has 1 amide bonds. The lowest BCUT2D eigenvalue weighted by atomic mass is 9.90. The molecule has 0 aliphatic carbocycles. The molecule has 1 aromatic carbocycles. The van der Waals surface area contributed by atoms with Crippen LogP contribution in [0, 0.1) is 5.92 Å². The predicted octanol–water partition coefficient (Wildman–Crippen LogP) is 2.35. The number of methoxy groups -OCH3 is 1. The maximum absolute atomic E-state index is 12.8. The van der Waals surface area contributed by atoms with Crippen molar-refractivity contribution in [2.24, 2.45) is 11.7 Å². The van der Waals surface area contributed by atoms with Gasteiger partial charge in [-0.15, -0.1) is 11.3 Å². The van der Waals surface area contributed by atoms with E-state index < -0.39 is 5.91 Å². The highest BCUT2D eigenvalue weighted by atomic mass is 32.1. The molecule has 24 heavy (non-hydrogen) atoms. The first-order valence-electron chi connectivity index (χ1n) is 7.77. The number of amides is 1. The Labute approximate surface area is 144 Å². The molecule has 7 heteroatoms. The number of hydrogen-bond donors (Lipinski definition) is 1. The van der Waals surface area contributed by atoms with Gasteiger partial charge in [0.15, 0.2) is 10.9 Å². The molecule has 1 saturated heterocycles. The van der Waals surface area contributed by atoms with Crippen LogP contribution in [0.1, 0.15) is 33.7 Å². The zero-order chi connectivity index (χ0) is 17.1. The normalized spacial score (nSPS) is 17.5. The van der Waals surface area contributed by atoms with E-state index in [1.165, 1.54) is 11.3 Å². The van der Waals surface area contributed by atoms with E-state index in [1.54, 1.807) is 18.6 Å². The summed E-state index contributed by atoms with van der Waals surface area (Å²) in [5.74, 6) is 0.176. The number of aromatic nitrogens is 1. The Hall–Kier alpha value is -2.41. The minimum absolute atomic E-state index is 0.0909. The Bertz CT molecular complexity index is 759. The van der Waals surface area contributed by atoms with Crippen molar-refractivity contribution in [3.63, 3.8) is 0 Å². The van der Waals surface area contributed by atoms with Crippen LogP contribution in [0.5, 0.6) is 5.75 Å². The number of nitrogens with two attached hydrogens (primary N) is 1. The Morgan fingerprint density at radius 2 is 2.25 bits per heavy atom. The number of benzene rings is 1. The number of thiazole rings is 1. The topological polar surface area (TPSA) is 85.5 Å². The van der Waals surface area contributed by atoms with E-state index in [9.17, 15) is 9.59 Å². The third kappa shape index (κ3) is 3.41. The maximum atomic E-state index is 12.8. The van der Waals surface area contributed by atoms with Gasteiger partial charge in [0.2, 0.25) is 0 Å². The van der Waals surface area contributed by atoms with Crippen molar-refractivity contribution in [3.8, 4) is 5.75 Å². The van der Waals surface area contributed by atoms with Crippen LogP contribution in [-0.4, -0.2) is 36.9 Å². The highest BCUT2D eigenvalue weighted by molar-refractivity contribution is 7.13. The zero-order valence-electron chi connectivity index (χ0n) is 13.4. The smallest absolute Gasteiger partial charge is 0.268 e. The van der Waals surface area contributed by atoms with Crippen LogP contribution < -0.4 is 15.4 Å². The third-order valence-corrected chi connectivity index (χ3v) is 5.06. The zero-order valence-corrected chi connectivity index (χ0v) is 14.2. The van der Waals surface area contributed by atoms with Crippen molar-refractivity contribution in [1.29, 1.82) is 0 Å². The van der Waals surface area contributed by atoms with Crippen molar-refractivity contribution in [1.82, 2.24) is 4.98 Å². The van der Waals surface area contributed by atoms with Crippen molar-refractivity contribution in [2.75, 3.05) is 25.1 Å². The number of hydrogen-bond acceptors (Lipinski definition) is 6. The predicted molar refractivity (Wildman–Crippen MR) is 92.9 cm³/mol. The number of nitrogens with zero attached hydrogens (tertiary/aromatic N) is 2. The molecule has 1 aliphatic heterocycles. The van der Waals surface area contributed by atoms with Gasteiger partial charge in [0.25, 0.3) is 5.91 Å². The first-order chi connectivity index (χ1) is 11.6. The molecule has 0 bridgehead atoms. The van der Waals surface area contributed by atoms with Gasteiger partial charge in [0, 0.05) is 30.0 Å². The van der Waals surface area contributed by atoms with E-state index in [-0.39, 0.29) is 17.4 Å². The minimum Gasteiger partial charge on any atom is -0.497 e. The lowest BCUT2D eigenvalue weighted by molar-refractivity contribution is 0.0906. The van der Waals surface area contributed by atoms with Gasteiger partial charge in [0.1, 0.15) is 11.4 Å². The molecule has 2 heterocycles. The van der Waals surface area contributed by atoms with E-state index in [2.05, 4.69) is 9.88 Å². The number of rotatable bonds is 5. The number of anilines is 1. The fourth-order valence-corrected chi connectivity index (χ4v) is 3.75. The molecule has 6 nitrogen and oxygen atoms in total. The van der Waals surface area contributed by atoms with Gasteiger partial charge in [-0.1, -0.05) is 12.1 Å². The largest absolute Gasteiger partial charge is 0.497 e.